The molecule has 0 bridgehead atoms. The fourth-order valence-electron chi connectivity index (χ4n) is 4.03. The molecule has 0 spiro atoms. The predicted octanol–water partition coefficient (Wildman–Crippen LogP) is 5.18. The summed E-state index contributed by atoms with van der Waals surface area (Å²) in [5.74, 6) is 0.644. The number of rotatable bonds is 8. The molecule has 2 aromatic carbocycles. The third-order valence-electron chi connectivity index (χ3n) is 5.85. The molecule has 180 valence electrons. The van der Waals surface area contributed by atoms with Gasteiger partial charge in [-0.15, -0.1) is 10.2 Å². The summed E-state index contributed by atoms with van der Waals surface area (Å²) in [6, 6.07) is 16.3. The summed E-state index contributed by atoms with van der Waals surface area (Å²) < 4.78 is 21.3. The Labute approximate surface area is 204 Å². The molecule has 34 heavy (non-hydrogen) atoms. The molecule has 1 unspecified atom stereocenters. The van der Waals surface area contributed by atoms with E-state index in [1.165, 1.54) is 23.9 Å². The second-order valence-corrected chi connectivity index (χ2v) is 10.4. The number of ether oxygens (including phenoxy) is 1. The molecule has 1 aliphatic rings. The van der Waals surface area contributed by atoms with Crippen molar-refractivity contribution in [3.05, 3.63) is 66.0 Å². The van der Waals surface area contributed by atoms with Gasteiger partial charge < -0.3 is 9.64 Å². The number of benzene rings is 2. The first-order valence-corrected chi connectivity index (χ1v) is 12.6. The maximum Gasteiger partial charge on any atom is 0.233 e. The summed E-state index contributed by atoms with van der Waals surface area (Å²) in [5, 5.41) is 9.44. The third-order valence-corrected chi connectivity index (χ3v) is 6.80. The summed E-state index contributed by atoms with van der Waals surface area (Å²) in [4.78, 5) is 15.2. The second kappa shape index (κ2) is 10.7. The molecule has 8 heteroatoms. The molecule has 4 rings (SSSR count). The zero-order valence-electron chi connectivity index (χ0n) is 19.9. The van der Waals surface area contributed by atoms with Gasteiger partial charge in [0, 0.05) is 24.3 Å². The minimum absolute atomic E-state index is 0.0383. The molecule has 6 nitrogen and oxygen atoms in total. The quantitative estimate of drug-likeness (QED) is 0.414. The van der Waals surface area contributed by atoms with Gasteiger partial charge in [0.25, 0.3) is 0 Å². The van der Waals surface area contributed by atoms with Crippen molar-refractivity contribution >= 4 is 17.7 Å². The zero-order valence-corrected chi connectivity index (χ0v) is 20.7. The van der Waals surface area contributed by atoms with Crippen LogP contribution in [0.4, 0.5) is 4.39 Å². The summed E-state index contributed by atoms with van der Waals surface area (Å²) in [7, 11) is 0. The molecule has 0 saturated carbocycles. The lowest BCUT2D eigenvalue weighted by atomic mass is 10.0. The Morgan fingerprint density at radius 3 is 2.53 bits per heavy atom. The number of nitrogens with zero attached hydrogens (tertiary/aromatic N) is 4. The number of hydrogen-bond acceptors (Lipinski definition) is 5. The first kappa shape index (κ1) is 24.4. The molecule has 0 aliphatic carbocycles. The molecule has 1 aliphatic heterocycles. The molecule has 1 aromatic heterocycles. The van der Waals surface area contributed by atoms with E-state index in [1.54, 1.807) is 12.1 Å². The lowest BCUT2D eigenvalue weighted by molar-refractivity contribution is -0.133. The van der Waals surface area contributed by atoms with E-state index in [4.69, 9.17) is 4.74 Å². The third kappa shape index (κ3) is 6.04. The van der Waals surface area contributed by atoms with Gasteiger partial charge in [0.1, 0.15) is 5.82 Å². The normalized spacial score (nSPS) is 16.1. The Balaban J connectivity index is 1.53. The Hall–Kier alpha value is -2.71. The predicted molar refractivity (Wildman–Crippen MR) is 132 cm³/mol. The molecule has 0 N–H and O–H groups in total. The lowest BCUT2D eigenvalue weighted by Crippen LogP contribution is -2.46. The van der Waals surface area contributed by atoms with E-state index in [0.29, 0.717) is 24.1 Å². The van der Waals surface area contributed by atoms with Crippen molar-refractivity contribution in [2.45, 2.75) is 63.5 Å². The Kier molecular flexibility index (Phi) is 7.68. The smallest absolute Gasteiger partial charge is 0.233 e. The number of carbonyl (C=O) groups excluding carboxylic acids is 1. The van der Waals surface area contributed by atoms with Crippen molar-refractivity contribution < 1.29 is 13.9 Å². The molecular weight excluding hydrogens is 451 g/mol. The number of hydrogen-bond donors (Lipinski definition) is 0. The van der Waals surface area contributed by atoms with Gasteiger partial charge in [0.05, 0.1) is 18.4 Å². The monoisotopic (exact) mass is 482 g/mol. The number of carbonyl (C=O) groups is 1. The SMILES string of the molecule is CC(C)(C)N(Cc1ccccc1)C(=O)CSc1nnc(-c2ccc(F)cc2)n1CC1CCCO1. The topological polar surface area (TPSA) is 60.2 Å². The standard InChI is InChI=1S/C26H31FN4O2S/c1-26(2,3)31(16-19-8-5-4-6-9-19)23(32)18-34-25-29-28-24(20-11-13-21(27)14-12-20)30(25)17-22-10-7-15-33-22/h4-6,8-9,11-14,22H,7,10,15-18H2,1-3H3. The van der Waals surface area contributed by atoms with Gasteiger partial charge >= 0.3 is 0 Å². The summed E-state index contributed by atoms with van der Waals surface area (Å²) >= 11 is 1.38. The van der Waals surface area contributed by atoms with Crippen molar-refractivity contribution in [1.82, 2.24) is 19.7 Å². The van der Waals surface area contributed by atoms with Gasteiger partial charge in [0.2, 0.25) is 5.91 Å². The highest BCUT2D eigenvalue weighted by Crippen LogP contribution is 2.28. The molecule has 1 amide bonds. The highest BCUT2D eigenvalue weighted by Gasteiger charge is 2.28. The molecule has 0 radical (unpaired) electrons. The largest absolute Gasteiger partial charge is 0.376 e. The fraction of sp³-hybridized carbons (Fsp3) is 0.423. The first-order valence-electron chi connectivity index (χ1n) is 11.6. The van der Waals surface area contributed by atoms with E-state index in [1.807, 2.05) is 60.6 Å². The minimum Gasteiger partial charge on any atom is -0.376 e. The highest BCUT2D eigenvalue weighted by atomic mass is 32.2. The fourth-order valence-corrected chi connectivity index (χ4v) is 4.86. The van der Waals surface area contributed by atoms with E-state index in [9.17, 15) is 9.18 Å². The molecule has 1 fully saturated rings. The lowest BCUT2D eigenvalue weighted by Gasteiger charge is -2.36. The molecule has 1 atom stereocenters. The van der Waals surface area contributed by atoms with Crippen LogP contribution in [0.25, 0.3) is 11.4 Å². The van der Waals surface area contributed by atoms with Crippen molar-refractivity contribution in [2.75, 3.05) is 12.4 Å². The number of amides is 1. The van der Waals surface area contributed by atoms with Crippen molar-refractivity contribution in [3.63, 3.8) is 0 Å². The summed E-state index contributed by atoms with van der Waals surface area (Å²) in [5.41, 5.74) is 1.55. The van der Waals surface area contributed by atoms with Crippen molar-refractivity contribution in [3.8, 4) is 11.4 Å². The van der Waals surface area contributed by atoms with Crippen LogP contribution < -0.4 is 0 Å². The molecule has 3 aromatic rings. The summed E-state index contributed by atoms with van der Waals surface area (Å²) in [6.45, 7) is 8.04. The van der Waals surface area contributed by atoms with Crippen LogP contribution in [-0.4, -0.2) is 49.6 Å². The van der Waals surface area contributed by atoms with Gasteiger partial charge in [-0.1, -0.05) is 42.1 Å². The summed E-state index contributed by atoms with van der Waals surface area (Å²) in [6.07, 6.45) is 2.08. The van der Waals surface area contributed by atoms with E-state index >= 15 is 0 Å². The van der Waals surface area contributed by atoms with Crippen LogP contribution in [0.15, 0.2) is 59.8 Å². The van der Waals surface area contributed by atoms with Gasteiger partial charge in [-0.3, -0.25) is 9.36 Å². The molecule has 2 heterocycles. The number of thioether (sulfide) groups is 1. The average molecular weight is 483 g/mol. The minimum atomic E-state index is -0.321. The Morgan fingerprint density at radius 2 is 1.88 bits per heavy atom. The average Bonchev–Trinajstić information content (AvgIpc) is 3.47. The van der Waals surface area contributed by atoms with Gasteiger partial charge in [-0.05, 0) is 63.4 Å². The van der Waals surface area contributed by atoms with E-state index < -0.39 is 0 Å². The van der Waals surface area contributed by atoms with Crippen LogP contribution in [0.1, 0.15) is 39.2 Å². The van der Waals surface area contributed by atoms with Crippen LogP contribution in [0.5, 0.6) is 0 Å². The van der Waals surface area contributed by atoms with Gasteiger partial charge in [0.15, 0.2) is 11.0 Å². The van der Waals surface area contributed by atoms with Crippen LogP contribution in [0.3, 0.4) is 0 Å². The van der Waals surface area contributed by atoms with E-state index in [0.717, 1.165) is 30.6 Å². The van der Waals surface area contributed by atoms with Crippen molar-refractivity contribution in [2.24, 2.45) is 0 Å². The first-order chi connectivity index (χ1) is 16.3. The van der Waals surface area contributed by atoms with Crippen LogP contribution in [-0.2, 0) is 22.6 Å². The highest BCUT2D eigenvalue weighted by molar-refractivity contribution is 7.99. The Bertz CT molecular complexity index is 1090. The van der Waals surface area contributed by atoms with Crippen LogP contribution in [0, 0.1) is 5.82 Å². The molecule has 1 saturated heterocycles. The number of aromatic nitrogens is 3. The van der Waals surface area contributed by atoms with Crippen LogP contribution >= 0.6 is 11.8 Å². The van der Waals surface area contributed by atoms with Gasteiger partial charge in [-0.25, -0.2) is 4.39 Å². The van der Waals surface area contributed by atoms with E-state index in [2.05, 4.69) is 10.2 Å². The zero-order chi connectivity index (χ0) is 24.1. The second-order valence-electron chi connectivity index (χ2n) is 9.48. The maximum absolute atomic E-state index is 13.5. The maximum atomic E-state index is 13.5. The number of halogens is 1. The Morgan fingerprint density at radius 1 is 1.15 bits per heavy atom. The van der Waals surface area contributed by atoms with Crippen molar-refractivity contribution in [1.29, 1.82) is 0 Å². The van der Waals surface area contributed by atoms with E-state index in [-0.39, 0.29) is 29.1 Å². The van der Waals surface area contributed by atoms with Gasteiger partial charge in [-0.2, -0.15) is 0 Å². The molecular formula is C26H31FN4O2S. The van der Waals surface area contributed by atoms with Crippen LogP contribution in [0.2, 0.25) is 0 Å².